The van der Waals surface area contributed by atoms with Gasteiger partial charge in [-0.05, 0) is 19.1 Å². The molecular weight excluding hydrogens is 249 g/mol. The SMILES string of the molecule is Cc1c(CC(=O)O)n2c3cccc(F)c3nc2n1C. The number of benzene rings is 1. The van der Waals surface area contributed by atoms with Crippen molar-refractivity contribution in [1.29, 1.82) is 0 Å². The summed E-state index contributed by atoms with van der Waals surface area (Å²) in [6.45, 7) is 1.83. The van der Waals surface area contributed by atoms with Crippen molar-refractivity contribution in [3.8, 4) is 0 Å². The van der Waals surface area contributed by atoms with Gasteiger partial charge in [0.05, 0.1) is 17.6 Å². The lowest BCUT2D eigenvalue weighted by Crippen LogP contribution is -2.05. The van der Waals surface area contributed by atoms with Gasteiger partial charge in [-0.3, -0.25) is 9.20 Å². The molecule has 1 N–H and O–H groups in total. The van der Waals surface area contributed by atoms with Crippen molar-refractivity contribution in [2.75, 3.05) is 0 Å². The van der Waals surface area contributed by atoms with E-state index in [-0.39, 0.29) is 11.9 Å². The Morgan fingerprint density at radius 2 is 2.21 bits per heavy atom. The van der Waals surface area contributed by atoms with E-state index in [0.717, 1.165) is 5.69 Å². The number of nitrogens with zero attached hydrogens (tertiary/aromatic N) is 3. The highest BCUT2D eigenvalue weighted by atomic mass is 19.1. The molecule has 0 unspecified atom stereocenters. The van der Waals surface area contributed by atoms with Gasteiger partial charge in [0.15, 0.2) is 5.82 Å². The van der Waals surface area contributed by atoms with E-state index in [4.69, 9.17) is 5.11 Å². The highest BCUT2D eigenvalue weighted by Crippen LogP contribution is 2.24. The van der Waals surface area contributed by atoms with Crippen LogP contribution in [0.2, 0.25) is 0 Å². The number of carboxylic acids is 1. The van der Waals surface area contributed by atoms with Crippen molar-refractivity contribution in [2.24, 2.45) is 7.05 Å². The fourth-order valence-corrected chi connectivity index (χ4v) is 2.40. The molecule has 0 aliphatic carbocycles. The summed E-state index contributed by atoms with van der Waals surface area (Å²) >= 11 is 0. The Morgan fingerprint density at radius 3 is 2.89 bits per heavy atom. The van der Waals surface area contributed by atoms with E-state index in [1.165, 1.54) is 6.07 Å². The van der Waals surface area contributed by atoms with E-state index in [1.807, 2.05) is 6.92 Å². The molecule has 0 radical (unpaired) electrons. The summed E-state index contributed by atoms with van der Waals surface area (Å²) in [7, 11) is 1.79. The summed E-state index contributed by atoms with van der Waals surface area (Å²) in [6.07, 6.45) is -0.120. The third kappa shape index (κ3) is 1.53. The van der Waals surface area contributed by atoms with Crippen LogP contribution in [0.5, 0.6) is 0 Å². The number of hydrogen-bond acceptors (Lipinski definition) is 2. The molecule has 5 nitrogen and oxygen atoms in total. The molecule has 0 aliphatic heterocycles. The van der Waals surface area contributed by atoms with Gasteiger partial charge in [0, 0.05) is 12.7 Å². The highest BCUT2D eigenvalue weighted by molar-refractivity contribution is 5.82. The summed E-state index contributed by atoms with van der Waals surface area (Å²) in [4.78, 5) is 15.2. The second kappa shape index (κ2) is 3.81. The lowest BCUT2D eigenvalue weighted by Gasteiger charge is -2.00. The predicted octanol–water partition coefficient (Wildman–Crippen LogP) is 1.90. The van der Waals surface area contributed by atoms with Crippen LogP contribution in [-0.2, 0) is 18.3 Å². The number of carboxylic acid groups (broad SMARTS) is 1. The molecule has 3 aromatic rings. The van der Waals surface area contributed by atoms with Gasteiger partial charge in [-0.1, -0.05) is 6.07 Å². The Labute approximate surface area is 107 Å². The first kappa shape index (κ1) is 11.7. The van der Waals surface area contributed by atoms with E-state index in [1.54, 1.807) is 28.1 Å². The van der Waals surface area contributed by atoms with Crippen LogP contribution in [0.15, 0.2) is 18.2 Å². The van der Waals surface area contributed by atoms with Crippen LogP contribution < -0.4 is 0 Å². The number of fused-ring (bicyclic) bond motifs is 3. The molecule has 6 heteroatoms. The van der Waals surface area contributed by atoms with Crippen molar-refractivity contribution in [2.45, 2.75) is 13.3 Å². The number of halogens is 1. The van der Waals surface area contributed by atoms with Crippen LogP contribution >= 0.6 is 0 Å². The number of aryl methyl sites for hydroxylation is 1. The lowest BCUT2D eigenvalue weighted by molar-refractivity contribution is -0.136. The summed E-state index contributed by atoms with van der Waals surface area (Å²) in [5.74, 6) is -0.775. The van der Waals surface area contributed by atoms with Gasteiger partial charge in [0.1, 0.15) is 5.52 Å². The van der Waals surface area contributed by atoms with Gasteiger partial charge in [-0.25, -0.2) is 9.37 Å². The molecule has 0 amide bonds. The number of aliphatic carboxylic acids is 1. The summed E-state index contributed by atoms with van der Waals surface area (Å²) in [6, 6.07) is 4.68. The minimum absolute atomic E-state index is 0.120. The Kier molecular flexibility index (Phi) is 2.35. The zero-order valence-electron chi connectivity index (χ0n) is 10.5. The third-order valence-corrected chi connectivity index (χ3v) is 3.43. The molecule has 3 rings (SSSR count). The first-order chi connectivity index (χ1) is 9.00. The molecule has 1 aromatic carbocycles. The second-order valence-corrected chi connectivity index (χ2v) is 4.52. The quantitative estimate of drug-likeness (QED) is 0.766. The van der Waals surface area contributed by atoms with Crippen molar-refractivity contribution < 1.29 is 14.3 Å². The number of hydrogen-bond donors (Lipinski definition) is 1. The van der Waals surface area contributed by atoms with Gasteiger partial charge in [-0.2, -0.15) is 0 Å². The smallest absolute Gasteiger partial charge is 0.309 e. The molecule has 0 spiro atoms. The molecule has 0 fully saturated rings. The maximum Gasteiger partial charge on any atom is 0.309 e. The Morgan fingerprint density at radius 1 is 1.47 bits per heavy atom. The van der Waals surface area contributed by atoms with Gasteiger partial charge < -0.3 is 9.67 Å². The number of rotatable bonds is 2. The standard InChI is InChI=1S/C13H12FN3O2/c1-7-10(6-11(18)19)17-9-5-3-4-8(14)12(9)15-13(17)16(7)2/h3-5H,6H2,1-2H3,(H,18,19). The average molecular weight is 261 g/mol. The molecule has 19 heavy (non-hydrogen) atoms. The van der Waals surface area contributed by atoms with E-state index in [2.05, 4.69) is 4.98 Å². The second-order valence-electron chi connectivity index (χ2n) is 4.52. The van der Waals surface area contributed by atoms with Crippen molar-refractivity contribution >= 4 is 22.8 Å². The summed E-state index contributed by atoms with van der Waals surface area (Å²) < 4.78 is 17.2. The Hall–Kier alpha value is -2.37. The number of para-hydroxylation sites is 1. The molecule has 2 heterocycles. The maximum atomic E-state index is 13.7. The molecule has 0 saturated heterocycles. The topological polar surface area (TPSA) is 59.5 Å². The first-order valence-electron chi connectivity index (χ1n) is 5.83. The van der Waals surface area contributed by atoms with Crippen LogP contribution in [0.1, 0.15) is 11.4 Å². The minimum atomic E-state index is -0.922. The molecular formula is C13H12FN3O2. The van der Waals surface area contributed by atoms with E-state index in [9.17, 15) is 9.18 Å². The molecule has 2 aromatic heterocycles. The third-order valence-electron chi connectivity index (χ3n) is 3.43. The van der Waals surface area contributed by atoms with Gasteiger partial charge in [0.2, 0.25) is 5.78 Å². The first-order valence-corrected chi connectivity index (χ1v) is 5.83. The summed E-state index contributed by atoms with van der Waals surface area (Å²) in [5.41, 5.74) is 2.30. The summed E-state index contributed by atoms with van der Waals surface area (Å²) in [5, 5.41) is 9.01. The van der Waals surface area contributed by atoms with Crippen LogP contribution in [0.25, 0.3) is 16.8 Å². The average Bonchev–Trinajstić information content (AvgIpc) is 2.83. The predicted molar refractivity (Wildman–Crippen MR) is 67.7 cm³/mol. The normalized spacial score (nSPS) is 11.5. The maximum absolute atomic E-state index is 13.7. The van der Waals surface area contributed by atoms with Crippen molar-refractivity contribution in [3.05, 3.63) is 35.4 Å². The number of carbonyl (C=O) groups is 1. The van der Waals surface area contributed by atoms with Gasteiger partial charge >= 0.3 is 5.97 Å². The zero-order valence-corrected chi connectivity index (χ0v) is 10.5. The van der Waals surface area contributed by atoms with Crippen molar-refractivity contribution in [1.82, 2.24) is 14.0 Å². The van der Waals surface area contributed by atoms with Crippen LogP contribution in [-0.4, -0.2) is 25.0 Å². The molecule has 0 bridgehead atoms. The van der Waals surface area contributed by atoms with Gasteiger partial charge in [-0.15, -0.1) is 0 Å². The number of aromatic nitrogens is 3. The number of imidazole rings is 2. The van der Waals surface area contributed by atoms with E-state index < -0.39 is 11.8 Å². The monoisotopic (exact) mass is 261 g/mol. The molecule has 0 atom stereocenters. The van der Waals surface area contributed by atoms with Crippen molar-refractivity contribution in [3.63, 3.8) is 0 Å². The van der Waals surface area contributed by atoms with Crippen LogP contribution in [0, 0.1) is 12.7 Å². The largest absolute Gasteiger partial charge is 0.481 e. The lowest BCUT2D eigenvalue weighted by atomic mass is 10.2. The van der Waals surface area contributed by atoms with Gasteiger partial charge in [0.25, 0.3) is 0 Å². The fraction of sp³-hybridized carbons (Fsp3) is 0.231. The molecule has 0 saturated carbocycles. The molecule has 98 valence electrons. The highest BCUT2D eigenvalue weighted by Gasteiger charge is 2.19. The zero-order chi connectivity index (χ0) is 13.7. The van der Waals surface area contributed by atoms with E-state index >= 15 is 0 Å². The Balaban J connectivity index is 2.47. The van der Waals surface area contributed by atoms with Crippen LogP contribution in [0.4, 0.5) is 4.39 Å². The fourth-order valence-electron chi connectivity index (χ4n) is 2.40. The van der Waals surface area contributed by atoms with E-state index in [0.29, 0.717) is 17.0 Å². The Bertz CT molecular complexity index is 816. The molecule has 0 aliphatic rings. The van der Waals surface area contributed by atoms with Crippen LogP contribution in [0.3, 0.4) is 0 Å². The minimum Gasteiger partial charge on any atom is -0.481 e.